The zero-order valence-corrected chi connectivity index (χ0v) is 22.1. The van der Waals surface area contributed by atoms with Crippen molar-refractivity contribution in [2.75, 3.05) is 7.11 Å². The molecule has 0 unspecified atom stereocenters. The highest BCUT2D eigenvalue weighted by Crippen LogP contribution is 2.40. The number of rotatable bonds is 7. The van der Waals surface area contributed by atoms with Gasteiger partial charge in [-0.3, -0.25) is 9.69 Å². The molecule has 0 aromatic heterocycles. The van der Waals surface area contributed by atoms with Crippen molar-refractivity contribution >= 4 is 34.6 Å². The summed E-state index contributed by atoms with van der Waals surface area (Å²) in [6, 6.07) is 25.9. The summed E-state index contributed by atoms with van der Waals surface area (Å²) >= 11 is 1.45. The van der Waals surface area contributed by atoms with E-state index in [1.165, 1.54) is 18.2 Å². The molecule has 3 aromatic rings. The van der Waals surface area contributed by atoms with E-state index in [1.54, 1.807) is 7.11 Å². The minimum absolute atomic E-state index is 0.0294. The molecular weight excluding hydrogens is 480 g/mol. The number of nitrogens with zero attached hydrogens (tertiary/aromatic N) is 2. The van der Waals surface area contributed by atoms with Gasteiger partial charge in [-0.25, -0.2) is 4.99 Å². The van der Waals surface area contributed by atoms with Crippen molar-refractivity contribution in [1.29, 1.82) is 0 Å². The maximum atomic E-state index is 13.7. The third-order valence-corrected chi connectivity index (χ3v) is 7.92. The summed E-state index contributed by atoms with van der Waals surface area (Å²) in [5.74, 6) is 1.78. The average Bonchev–Trinajstić information content (AvgIpc) is 3.23. The topological polar surface area (TPSA) is 51.1 Å². The Morgan fingerprint density at radius 1 is 0.973 bits per heavy atom. The summed E-state index contributed by atoms with van der Waals surface area (Å²) in [5.41, 5.74) is 2.83. The number of para-hydroxylation sites is 1. The molecule has 0 bridgehead atoms. The zero-order chi connectivity index (χ0) is 25.6. The van der Waals surface area contributed by atoms with Crippen LogP contribution in [0.1, 0.15) is 43.7 Å². The Hall–Kier alpha value is -3.51. The van der Waals surface area contributed by atoms with E-state index in [0.717, 1.165) is 41.2 Å². The van der Waals surface area contributed by atoms with Crippen LogP contribution >= 0.6 is 11.8 Å². The van der Waals surface area contributed by atoms with E-state index in [1.807, 2.05) is 89.8 Å². The lowest BCUT2D eigenvalue weighted by molar-refractivity contribution is -0.124. The molecule has 5 nitrogen and oxygen atoms in total. The molecule has 5 rings (SSSR count). The third-order valence-electron chi connectivity index (χ3n) is 6.94. The van der Waals surface area contributed by atoms with Crippen LogP contribution in [0.2, 0.25) is 0 Å². The van der Waals surface area contributed by atoms with E-state index < -0.39 is 0 Å². The molecule has 1 saturated heterocycles. The first-order chi connectivity index (χ1) is 18.1. The second-order valence-electron chi connectivity index (χ2n) is 9.53. The predicted octanol–water partition coefficient (Wildman–Crippen LogP) is 7.46. The molecule has 2 aliphatic rings. The lowest BCUT2D eigenvalue weighted by atomic mass is 9.85. The highest BCUT2D eigenvalue weighted by Gasteiger charge is 2.41. The number of aliphatic imine (C=N–C) groups is 1. The molecule has 1 amide bonds. The maximum Gasteiger partial charge on any atom is 0.267 e. The summed E-state index contributed by atoms with van der Waals surface area (Å²) in [4.78, 5) is 21.2. The van der Waals surface area contributed by atoms with Crippen molar-refractivity contribution in [3.05, 3.63) is 94.9 Å². The lowest BCUT2D eigenvalue weighted by Gasteiger charge is -2.35. The van der Waals surface area contributed by atoms with Crippen LogP contribution in [0.15, 0.2) is 88.8 Å². The largest absolute Gasteiger partial charge is 0.493 e. The molecule has 0 N–H and O–H groups in total. The Labute approximate surface area is 223 Å². The number of hydrogen-bond acceptors (Lipinski definition) is 5. The Balaban J connectivity index is 1.42. The van der Waals surface area contributed by atoms with Crippen molar-refractivity contribution < 1.29 is 14.3 Å². The minimum atomic E-state index is 0.0294. The highest BCUT2D eigenvalue weighted by atomic mass is 32.2. The Morgan fingerprint density at radius 3 is 2.43 bits per heavy atom. The number of thioether (sulfide) groups is 1. The third kappa shape index (κ3) is 5.91. The van der Waals surface area contributed by atoms with Gasteiger partial charge in [0.25, 0.3) is 5.91 Å². The SMILES string of the molecule is COc1cc(/C=C2\SC(=Nc3ccccc3)N([C@@H]3CCCC[C@H]3C)C2=O)ccc1OCc1ccccc1. The molecular formula is C31H32N2O3S. The second kappa shape index (κ2) is 11.7. The van der Waals surface area contributed by atoms with Gasteiger partial charge in [0.05, 0.1) is 17.7 Å². The Kier molecular flexibility index (Phi) is 7.95. The molecule has 37 heavy (non-hydrogen) atoms. The highest BCUT2D eigenvalue weighted by molar-refractivity contribution is 8.18. The number of amidine groups is 1. The van der Waals surface area contributed by atoms with Crippen LogP contribution in [0.5, 0.6) is 11.5 Å². The number of benzene rings is 3. The smallest absolute Gasteiger partial charge is 0.267 e. The van der Waals surface area contributed by atoms with Crippen LogP contribution in [-0.2, 0) is 11.4 Å². The molecule has 190 valence electrons. The van der Waals surface area contributed by atoms with Crippen molar-refractivity contribution in [2.45, 2.75) is 45.3 Å². The van der Waals surface area contributed by atoms with E-state index in [4.69, 9.17) is 14.5 Å². The van der Waals surface area contributed by atoms with Crippen LogP contribution in [0.25, 0.3) is 6.08 Å². The second-order valence-corrected chi connectivity index (χ2v) is 10.5. The van der Waals surface area contributed by atoms with Gasteiger partial charge in [-0.15, -0.1) is 0 Å². The number of amides is 1. The quantitative estimate of drug-likeness (QED) is 0.308. The van der Waals surface area contributed by atoms with Crippen LogP contribution in [0, 0.1) is 5.92 Å². The molecule has 1 aliphatic carbocycles. The average molecular weight is 513 g/mol. The summed E-state index contributed by atoms with van der Waals surface area (Å²) in [5, 5.41) is 0.760. The number of ether oxygens (including phenoxy) is 2. The van der Waals surface area contributed by atoms with Gasteiger partial charge in [0, 0.05) is 6.04 Å². The first-order valence-electron chi connectivity index (χ1n) is 12.8. The fraction of sp³-hybridized carbons (Fsp3) is 0.290. The monoisotopic (exact) mass is 512 g/mol. The van der Waals surface area contributed by atoms with E-state index in [0.29, 0.717) is 28.9 Å². The van der Waals surface area contributed by atoms with Gasteiger partial charge in [-0.1, -0.05) is 74.4 Å². The molecule has 6 heteroatoms. The molecule has 0 radical (unpaired) electrons. The van der Waals surface area contributed by atoms with Gasteiger partial charge in [0.15, 0.2) is 16.7 Å². The fourth-order valence-electron chi connectivity index (χ4n) is 4.93. The predicted molar refractivity (Wildman–Crippen MR) is 151 cm³/mol. The van der Waals surface area contributed by atoms with Crippen LogP contribution in [-0.4, -0.2) is 29.1 Å². The summed E-state index contributed by atoms with van der Waals surface area (Å²) < 4.78 is 11.6. The standard InChI is InChI=1S/C31H32N2O3S/c1-22-11-9-10-16-26(22)33-30(34)29(37-31(33)32-25-14-7-4-8-15-25)20-24-17-18-27(28(19-24)35-2)36-21-23-12-5-3-6-13-23/h3-8,12-15,17-20,22,26H,9-11,16,21H2,1-2H3/b29-20-,32-31?/t22-,26-/m1/s1. The first-order valence-corrected chi connectivity index (χ1v) is 13.7. The maximum absolute atomic E-state index is 13.7. The van der Waals surface area contributed by atoms with E-state index in [-0.39, 0.29) is 11.9 Å². The minimum Gasteiger partial charge on any atom is -0.493 e. The Morgan fingerprint density at radius 2 is 1.70 bits per heavy atom. The number of hydrogen-bond donors (Lipinski definition) is 0. The molecule has 1 heterocycles. The summed E-state index contributed by atoms with van der Waals surface area (Å²) in [7, 11) is 1.63. The molecule has 3 aromatic carbocycles. The van der Waals surface area contributed by atoms with Crippen molar-refractivity contribution in [1.82, 2.24) is 4.90 Å². The summed E-state index contributed by atoms with van der Waals surface area (Å²) in [6.07, 6.45) is 6.45. The zero-order valence-electron chi connectivity index (χ0n) is 21.3. The van der Waals surface area contributed by atoms with Gasteiger partial charge in [-0.2, -0.15) is 0 Å². The van der Waals surface area contributed by atoms with Gasteiger partial charge in [-0.05, 0) is 72.0 Å². The molecule has 1 aliphatic heterocycles. The van der Waals surface area contributed by atoms with Crippen LogP contribution < -0.4 is 9.47 Å². The number of carbonyl (C=O) groups is 1. The number of methoxy groups -OCH3 is 1. The fourth-order valence-corrected chi connectivity index (χ4v) is 5.98. The lowest BCUT2D eigenvalue weighted by Crippen LogP contribution is -2.44. The van der Waals surface area contributed by atoms with Crippen LogP contribution in [0.3, 0.4) is 0 Å². The molecule has 0 spiro atoms. The molecule has 1 saturated carbocycles. The van der Waals surface area contributed by atoms with E-state index in [2.05, 4.69) is 6.92 Å². The van der Waals surface area contributed by atoms with Crippen molar-refractivity contribution in [3.8, 4) is 11.5 Å². The van der Waals surface area contributed by atoms with Gasteiger partial charge in [0.1, 0.15) is 6.61 Å². The molecule has 2 fully saturated rings. The van der Waals surface area contributed by atoms with Crippen molar-refractivity contribution in [3.63, 3.8) is 0 Å². The molecule has 2 atom stereocenters. The van der Waals surface area contributed by atoms with Gasteiger partial charge < -0.3 is 9.47 Å². The van der Waals surface area contributed by atoms with Crippen molar-refractivity contribution in [2.24, 2.45) is 10.9 Å². The normalized spacial score (nSPS) is 22.0. The summed E-state index contributed by atoms with van der Waals surface area (Å²) in [6.45, 7) is 2.71. The van der Waals surface area contributed by atoms with Crippen LogP contribution in [0.4, 0.5) is 5.69 Å². The first kappa shape index (κ1) is 25.2. The van der Waals surface area contributed by atoms with Gasteiger partial charge in [0.2, 0.25) is 0 Å². The van der Waals surface area contributed by atoms with Gasteiger partial charge >= 0.3 is 0 Å². The Bertz CT molecular complexity index is 1290. The number of carbonyl (C=O) groups excluding carboxylic acids is 1. The van der Waals surface area contributed by atoms with E-state index in [9.17, 15) is 4.79 Å². The van der Waals surface area contributed by atoms with E-state index >= 15 is 0 Å².